The molecule has 26 heavy (non-hydrogen) atoms. The van der Waals surface area contributed by atoms with Crippen LogP contribution in [0.5, 0.6) is 0 Å². The summed E-state index contributed by atoms with van der Waals surface area (Å²) in [6, 6.07) is 18.0. The number of hydrogen-bond acceptors (Lipinski definition) is 3. The molecule has 0 unspecified atom stereocenters. The highest BCUT2D eigenvalue weighted by atomic mass is 16.4. The second-order valence-electron chi connectivity index (χ2n) is 6.91. The number of aromatic nitrogens is 1. The van der Waals surface area contributed by atoms with E-state index in [0.717, 1.165) is 48.3 Å². The summed E-state index contributed by atoms with van der Waals surface area (Å²) in [5.41, 5.74) is 3.54. The van der Waals surface area contributed by atoms with Crippen molar-refractivity contribution < 1.29 is 9.90 Å². The maximum atomic E-state index is 11.9. The lowest BCUT2D eigenvalue weighted by Gasteiger charge is -2.34. The maximum absolute atomic E-state index is 11.9. The number of carboxylic acid groups (broad SMARTS) is 1. The van der Waals surface area contributed by atoms with Gasteiger partial charge in [0, 0.05) is 43.8 Å². The van der Waals surface area contributed by atoms with Crippen molar-refractivity contribution in [2.24, 2.45) is 0 Å². The number of carbonyl (C=O) groups is 1. The molecule has 1 aliphatic rings. The van der Waals surface area contributed by atoms with Crippen LogP contribution >= 0.6 is 0 Å². The van der Waals surface area contributed by atoms with Gasteiger partial charge in [-0.1, -0.05) is 36.4 Å². The van der Waals surface area contributed by atoms with Crippen LogP contribution in [0.2, 0.25) is 0 Å². The highest BCUT2D eigenvalue weighted by Crippen LogP contribution is 2.31. The van der Waals surface area contributed by atoms with Crippen LogP contribution in [-0.2, 0) is 6.54 Å². The molecule has 0 spiro atoms. The van der Waals surface area contributed by atoms with Gasteiger partial charge in [-0.25, -0.2) is 4.79 Å². The van der Waals surface area contributed by atoms with Gasteiger partial charge in [0.05, 0.1) is 5.52 Å². The predicted octanol–water partition coefficient (Wildman–Crippen LogP) is 3.14. The second kappa shape index (κ2) is 6.84. The van der Waals surface area contributed by atoms with Gasteiger partial charge in [0.15, 0.2) is 0 Å². The van der Waals surface area contributed by atoms with Crippen LogP contribution in [0.1, 0.15) is 16.1 Å². The molecule has 0 atom stereocenters. The summed E-state index contributed by atoms with van der Waals surface area (Å²) < 4.78 is 1.91. The van der Waals surface area contributed by atoms with Gasteiger partial charge in [-0.15, -0.1) is 0 Å². The van der Waals surface area contributed by atoms with Crippen LogP contribution in [0, 0.1) is 0 Å². The monoisotopic (exact) mass is 349 g/mol. The van der Waals surface area contributed by atoms with E-state index in [1.54, 1.807) is 0 Å². The molecule has 0 bridgehead atoms. The Labute approximate surface area is 153 Å². The highest BCUT2D eigenvalue weighted by molar-refractivity contribution is 6.00. The zero-order valence-electron chi connectivity index (χ0n) is 14.9. The minimum atomic E-state index is -0.888. The van der Waals surface area contributed by atoms with Crippen molar-refractivity contribution >= 4 is 22.6 Å². The Morgan fingerprint density at radius 3 is 2.42 bits per heavy atom. The number of carboxylic acids is 1. The van der Waals surface area contributed by atoms with Crippen LogP contribution in [0.15, 0.2) is 54.6 Å². The molecule has 0 amide bonds. The van der Waals surface area contributed by atoms with E-state index in [1.807, 2.05) is 53.1 Å². The van der Waals surface area contributed by atoms with Gasteiger partial charge >= 0.3 is 5.97 Å². The molecular weight excluding hydrogens is 326 g/mol. The highest BCUT2D eigenvalue weighted by Gasteiger charge is 2.21. The fourth-order valence-electron chi connectivity index (χ4n) is 3.71. The van der Waals surface area contributed by atoms with Crippen LogP contribution in [0.3, 0.4) is 0 Å². The first-order valence-corrected chi connectivity index (χ1v) is 8.96. The third-order valence-electron chi connectivity index (χ3n) is 5.17. The predicted molar refractivity (Wildman–Crippen MR) is 104 cm³/mol. The SMILES string of the molecule is CN1CCN(c2cccc3c2cc(C(=O)O)n3Cc2ccccc2)CC1. The fraction of sp³-hybridized carbons (Fsp3) is 0.286. The molecule has 5 heteroatoms. The van der Waals surface area contributed by atoms with E-state index in [4.69, 9.17) is 0 Å². The third kappa shape index (κ3) is 3.06. The zero-order chi connectivity index (χ0) is 18.1. The van der Waals surface area contributed by atoms with E-state index in [1.165, 1.54) is 0 Å². The van der Waals surface area contributed by atoms with Crippen molar-refractivity contribution in [1.29, 1.82) is 0 Å². The summed E-state index contributed by atoms with van der Waals surface area (Å²) in [6.45, 7) is 4.52. The van der Waals surface area contributed by atoms with Crippen LogP contribution in [0.4, 0.5) is 5.69 Å². The van der Waals surface area contributed by atoms with Crippen molar-refractivity contribution in [2.75, 3.05) is 38.1 Å². The number of aromatic carboxylic acids is 1. The summed E-state index contributed by atoms with van der Waals surface area (Å²) in [4.78, 5) is 16.6. The molecule has 0 saturated carbocycles. The zero-order valence-corrected chi connectivity index (χ0v) is 14.9. The summed E-state index contributed by atoms with van der Waals surface area (Å²) >= 11 is 0. The lowest BCUT2D eigenvalue weighted by molar-refractivity contribution is 0.0686. The number of nitrogens with zero attached hydrogens (tertiary/aromatic N) is 3. The Kier molecular flexibility index (Phi) is 4.39. The molecule has 3 aromatic rings. The molecule has 0 aliphatic carbocycles. The summed E-state index contributed by atoms with van der Waals surface area (Å²) in [5.74, 6) is -0.888. The molecule has 1 aliphatic heterocycles. The Balaban J connectivity index is 1.80. The van der Waals surface area contributed by atoms with Crippen LogP contribution in [-0.4, -0.2) is 53.8 Å². The summed E-state index contributed by atoms with van der Waals surface area (Å²) in [6.07, 6.45) is 0. The number of benzene rings is 2. The fourth-order valence-corrected chi connectivity index (χ4v) is 3.71. The summed E-state index contributed by atoms with van der Waals surface area (Å²) in [7, 11) is 2.14. The standard InChI is InChI=1S/C21H23N3O2/c1-22-10-12-23(13-11-22)18-8-5-9-19-17(18)14-20(21(25)26)24(19)15-16-6-3-2-4-7-16/h2-9,14H,10-13,15H2,1H3,(H,25,26). The van der Waals surface area contributed by atoms with Crippen LogP contribution < -0.4 is 4.90 Å². The van der Waals surface area contributed by atoms with Crippen molar-refractivity contribution in [2.45, 2.75) is 6.54 Å². The molecule has 5 nitrogen and oxygen atoms in total. The van der Waals surface area contributed by atoms with Gasteiger partial charge in [0.1, 0.15) is 5.69 Å². The molecule has 1 fully saturated rings. The Morgan fingerprint density at radius 2 is 1.73 bits per heavy atom. The normalized spacial score (nSPS) is 15.5. The van der Waals surface area contributed by atoms with E-state index in [0.29, 0.717) is 12.2 Å². The Hall–Kier alpha value is -2.79. The molecule has 1 N–H and O–H groups in total. The van der Waals surface area contributed by atoms with Crippen molar-refractivity contribution in [3.05, 3.63) is 65.9 Å². The molecule has 1 saturated heterocycles. The van der Waals surface area contributed by atoms with E-state index in [-0.39, 0.29) is 0 Å². The number of anilines is 1. The van der Waals surface area contributed by atoms with E-state index < -0.39 is 5.97 Å². The molecule has 1 aromatic heterocycles. The molecule has 4 rings (SSSR count). The first-order valence-electron chi connectivity index (χ1n) is 8.96. The van der Waals surface area contributed by atoms with Gasteiger partial charge in [-0.3, -0.25) is 0 Å². The topological polar surface area (TPSA) is 48.7 Å². The number of likely N-dealkylation sites (N-methyl/N-ethyl adjacent to an activating group) is 1. The molecule has 2 heterocycles. The maximum Gasteiger partial charge on any atom is 0.352 e. The van der Waals surface area contributed by atoms with Crippen molar-refractivity contribution in [3.8, 4) is 0 Å². The summed E-state index contributed by atoms with van der Waals surface area (Å²) in [5, 5.41) is 10.8. The molecular formula is C21H23N3O2. The number of rotatable bonds is 4. The quantitative estimate of drug-likeness (QED) is 0.786. The van der Waals surface area contributed by atoms with Gasteiger partial charge in [0.25, 0.3) is 0 Å². The average Bonchev–Trinajstić information content (AvgIpc) is 3.02. The molecule has 134 valence electrons. The minimum absolute atomic E-state index is 0.338. The first-order chi connectivity index (χ1) is 12.6. The Bertz CT molecular complexity index is 925. The number of piperazine rings is 1. The largest absolute Gasteiger partial charge is 0.477 e. The van der Waals surface area contributed by atoms with Crippen LogP contribution in [0.25, 0.3) is 10.9 Å². The van der Waals surface area contributed by atoms with Gasteiger partial charge in [0.2, 0.25) is 0 Å². The van der Waals surface area contributed by atoms with Gasteiger partial charge in [-0.05, 0) is 30.8 Å². The number of fused-ring (bicyclic) bond motifs is 1. The second-order valence-corrected chi connectivity index (χ2v) is 6.91. The minimum Gasteiger partial charge on any atom is -0.477 e. The molecule has 0 radical (unpaired) electrons. The van der Waals surface area contributed by atoms with Crippen molar-refractivity contribution in [1.82, 2.24) is 9.47 Å². The first kappa shape index (κ1) is 16.7. The number of hydrogen-bond donors (Lipinski definition) is 1. The smallest absolute Gasteiger partial charge is 0.352 e. The van der Waals surface area contributed by atoms with Crippen molar-refractivity contribution in [3.63, 3.8) is 0 Å². The lowest BCUT2D eigenvalue weighted by Crippen LogP contribution is -2.44. The van der Waals surface area contributed by atoms with Gasteiger partial charge in [-0.2, -0.15) is 0 Å². The van der Waals surface area contributed by atoms with E-state index in [9.17, 15) is 9.90 Å². The van der Waals surface area contributed by atoms with Gasteiger partial charge < -0.3 is 19.5 Å². The Morgan fingerprint density at radius 1 is 1.00 bits per heavy atom. The average molecular weight is 349 g/mol. The lowest BCUT2D eigenvalue weighted by atomic mass is 10.1. The molecule has 2 aromatic carbocycles. The van der Waals surface area contributed by atoms with E-state index >= 15 is 0 Å². The van der Waals surface area contributed by atoms with E-state index in [2.05, 4.69) is 22.9 Å². The third-order valence-corrected chi connectivity index (χ3v) is 5.17.